The van der Waals surface area contributed by atoms with Crippen LogP contribution in [0.2, 0.25) is 0 Å². The Balaban J connectivity index is 0.00000210. The minimum atomic E-state index is 0. The molecule has 4 rings (SSSR count). The molecule has 7 heteroatoms. The lowest BCUT2D eigenvalue weighted by Gasteiger charge is -2.14. The van der Waals surface area contributed by atoms with Gasteiger partial charge in [-0.1, -0.05) is 18.2 Å². The molecule has 27 heavy (non-hydrogen) atoms. The van der Waals surface area contributed by atoms with E-state index in [1.54, 1.807) is 17.2 Å². The maximum Gasteiger partial charge on any atom is 0.160 e. The van der Waals surface area contributed by atoms with Gasteiger partial charge < -0.3 is 9.72 Å². The van der Waals surface area contributed by atoms with Gasteiger partial charge in [0, 0.05) is 18.4 Å². The number of hydrogen-bond donors (Lipinski definition) is 1. The summed E-state index contributed by atoms with van der Waals surface area (Å²) in [5.41, 5.74) is 8.80. The summed E-state index contributed by atoms with van der Waals surface area (Å²) in [6, 6.07) is 8.44. The van der Waals surface area contributed by atoms with Crippen molar-refractivity contribution in [1.82, 2.24) is 24.4 Å². The van der Waals surface area contributed by atoms with Crippen molar-refractivity contribution < 1.29 is 0 Å². The molecule has 3 heterocycles. The van der Waals surface area contributed by atoms with E-state index in [0.29, 0.717) is 0 Å². The number of pyridine rings is 1. The number of aromatic nitrogens is 5. The van der Waals surface area contributed by atoms with Gasteiger partial charge in [0.2, 0.25) is 0 Å². The van der Waals surface area contributed by atoms with Crippen LogP contribution in [0.25, 0.3) is 11.3 Å². The van der Waals surface area contributed by atoms with Crippen LogP contribution >= 0.6 is 12.4 Å². The molecule has 0 atom stereocenters. The Labute approximate surface area is 164 Å². The minimum absolute atomic E-state index is 0. The van der Waals surface area contributed by atoms with Gasteiger partial charge >= 0.3 is 0 Å². The summed E-state index contributed by atoms with van der Waals surface area (Å²) in [6.45, 7) is 9.14. The molecule has 0 bridgehead atoms. The van der Waals surface area contributed by atoms with Crippen molar-refractivity contribution in [3.05, 3.63) is 70.9 Å². The number of fused-ring (bicyclic) bond motifs is 1. The summed E-state index contributed by atoms with van der Waals surface area (Å²) in [6.07, 6.45) is 5.38. The molecule has 0 radical (unpaired) electrons. The van der Waals surface area contributed by atoms with Crippen molar-refractivity contribution in [2.24, 2.45) is 0 Å². The molecule has 6 nitrogen and oxygen atoms in total. The zero-order valence-electron chi connectivity index (χ0n) is 15.9. The molecule has 0 saturated heterocycles. The van der Waals surface area contributed by atoms with Crippen LogP contribution in [0.4, 0.5) is 5.69 Å². The van der Waals surface area contributed by atoms with Crippen LogP contribution in [0.3, 0.4) is 0 Å². The number of nitrogens with zero attached hydrogens (tertiary/aromatic N) is 5. The molecule has 0 saturated carbocycles. The number of benzene rings is 1. The molecule has 140 valence electrons. The van der Waals surface area contributed by atoms with Crippen LogP contribution in [0, 0.1) is 27.7 Å². The molecular weight excluding hydrogens is 360 g/mol. The Kier molecular flexibility index (Phi) is 5.19. The molecule has 0 spiro atoms. The molecule has 0 aliphatic rings. The van der Waals surface area contributed by atoms with E-state index in [4.69, 9.17) is 4.98 Å². The van der Waals surface area contributed by atoms with Crippen LogP contribution in [0.5, 0.6) is 0 Å². The molecule has 0 amide bonds. The monoisotopic (exact) mass is 382 g/mol. The van der Waals surface area contributed by atoms with Crippen molar-refractivity contribution in [1.29, 1.82) is 0 Å². The standard InChI is InChI=1S/C20H22N6.ClH/c1-13-6-5-7-14(2)18(13)11-21-19-10-17(26-22-8-9-23-26)12-25-16(4)15(3)24-20(19)25;/h5-10,12,21H,11H2,1-4H3;1H. The average Bonchev–Trinajstić information content (AvgIpc) is 3.24. The van der Waals surface area contributed by atoms with E-state index in [1.165, 1.54) is 16.7 Å². The highest BCUT2D eigenvalue weighted by Gasteiger charge is 2.13. The first kappa shape index (κ1) is 18.9. The number of nitrogens with one attached hydrogen (secondary N) is 1. The van der Waals surface area contributed by atoms with Gasteiger partial charge in [-0.15, -0.1) is 12.4 Å². The van der Waals surface area contributed by atoms with E-state index < -0.39 is 0 Å². The van der Waals surface area contributed by atoms with Gasteiger partial charge in [-0.25, -0.2) is 4.98 Å². The first-order valence-electron chi connectivity index (χ1n) is 8.69. The maximum atomic E-state index is 4.74. The molecule has 1 aromatic carbocycles. The number of imidazole rings is 1. The van der Waals surface area contributed by atoms with E-state index in [1.807, 2.05) is 13.1 Å². The Hall–Kier alpha value is -2.86. The van der Waals surface area contributed by atoms with E-state index >= 15 is 0 Å². The number of aryl methyl sites for hydroxylation is 4. The second-order valence-electron chi connectivity index (χ2n) is 6.63. The first-order chi connectivity index (χ1) is 12.5. The Bertz CT molecular complexity index is 1060. The molecule has 4 aromatic rings. The SMILES string of the molecule is Cc1cccc(C)c1CNc1cc(-n2nccn2)cn2c(C)c(C)nc12.Cl. The highest BCUT2D eigenvalue weighted by Crippen LogP contribution is 2.24. The van der Waals surface area contributed by atoms with Crippen LogP contribution < -0.4 is 5.32 Å². The van der Waals surface area contributed by atoms with Gasteiger partial charge in [0.25, 0.3) is 0 Å². The quantitative estimate of drug-likeness (QED) is 0.575. The highest BCUT2D eigenvalue weighted by molar-refractivity contribution is 5.85. The van der Waals surface area contributed by atoms with Crippen LogP contribution in [-0.4, -0.2) is 24.4 Å². The third-order valence-electron chi connectivity index (χ3n) is 4.93. The van der Waals surface area contributed by atoms with E-state index in [9.17, 15) is 0 Å². The molecule has 3 aromatic heterocycles. The van der Waals surface area contributed by atoms with Crippen molar-refractivity contribution in [3.8, 4) is 5.69 Å². The van der Waals surface area contributed by atoms with E-state index in [-0.39, 0.29) is 12.4 Å². The van der Waals surface area contributed by atoms with Gasteiger partial charge in [-0.2, -0.15) is 15.0 Å². The molecule has 0 aliphatic carbocycles. The lowest BCUT2D eigenvalue weighted by atomic mass is 10.0. The Morgan fingerprint density at radius 1 is 1.00 bits per heavy atom. The number of hydrogen-bond acceptors (Lipinski definition) is 4. The topological polar surface area (TPSA) is 60.0 Å². The molecule has 1 N–H and O–H groups in total. The highest BCUT2D eigenvalue weighted by atomic mass is 35.5. The van der Waals surface area contributed by atoms with Crippen LogP contribution in [0.15, 0.2) is 42.9 Å². The van der Waals surface area contributed by atoms with Crippen molar-refractivity contribution in [3.63, 3.8) is 0 Å². The molecule has 0 fully saturated rings. The van der Waals surface area contributed by atoms with E-state index in [2.05, 4.69) is 65.0 Å². The summed E-state index contributed by atoms with van der Waals surface area (Å²) in [5.74, 6) is 0. The summed E-state index contributed by atoms with van der Waals surface area (Å²) in [4.78, 5) is 6.37. The zero-order chi connectivity index (χ0) is 18.3. The smallest absolute Gasteiger partial charge is 0.160 e. The minimum Gasteiger partial charge on any atom is -0.378 e. The van der Waals surface area contributed by atoms with Gasteiger partial charge in [-0.3, -0.25) is 0 Å². The van der Waals surface area contributed by atoms with Crippen molar-refractivity contribution >= 4 is 23.7 Å². The first-order valence-corrected chi connectivity index (χ1v) is 8.69. The Morgan fingerprint density at radius 2 is 1.67 bits per heavy atom. The maximum absolute atomic E-state index is 4.74. The summed E-state index contributed by atoms with van der Waals surface area (Å²) in [7, 11) is 0. The van der Waals surface area contributed by atoms with Crippen molar-refractivity contribution in [2.45, 2.75) is 34.2 Å². The lowest BCUT2D eigenvalue weighted by molar-refractivity contribution is 0.746. The third kappa shape index (κ3) is 3.40. The summed E-state index contributed by atoms with van der Waals surface area (Å²) < 4.78 is 2.10. The largest absolute Gasteiger partial charge is 0.378 e. The van der Waals surface area contributed by atoms with E-state index in [0.717, 1.165) is 35.0 Å². The summed E-state index contributed by atoms with van der Waals surface area (Å²) >= 11 is 0. The second kappa shape index (κ2) is 7.40. The average molecular weight is 383 g/mol. The van der Waals surface area contributed by atoms with Crippen molar-refractivity contribution in [2.75, 3.05) is 5.32 Å². The third-order valence-corrected chi connectivity index (χ3v) is 4.93. The molecule has 0 unspecified atom stereocenters. The normalized spacial score (nSPS) is 10.8. The van der Waals surface area contributed by atoms with Crippen LogP contribution in [0.1, 0.15) is 28.1 Å². The fraction of sp³-hybridized carbons (Fsp3) is 0.250. The fourth-order valence-electron chi connectivity index (χ4n) is 3.26. The Morgan fingerprint density at radius 3 is 2.33 bits per heavy atom. The van der Waals surface area contributed by atoms with Crippen LogP contribution in [-0.2, 0) is 6.54 Å². The van der Waals surface area contributed by atoms with Gasteiger partial charge in [-0.05, 0) is 50.5 Å². The second-order valence-corrected chi connectivity index (χ2v) is 6.63. The molecule has 0 aliphatic heterocycles. The van der Waals surface area contributed by atoms with Gasteiger partial charge in [0.15, 0.2) is 5.65 Å². The predicted octanol–water partition coefficient (Wildman–Crippen LogP) is 4.18. The number of halogens is 1. The molecular formula is C20H23ClN6. The predicted molar refractivity (Wildman–Crippen MR) is 110 cm³/mol. The van der Waals surface area contributed by atoms with Gasteiger partial charge in [0.1, 0.15) is 5.69 Å². The van der Waals surface area contributed by atoms with Gasteiger partial charge in [0.05, 0.1) is 23.8 Å². The summed E-state index contributed by atoms with van der Waals surface area (Å²) in [5, 5.41) is 12.1. The zero-order valence-corrected chi connectivity index (χ0v) is 16.7. The number of anilines is 1. The lowest BCUT2D eigenvalue weighted by Crippen LogP contribution is -2.08. The number of rotatable bonds is 4. The fourth-order valence-corrected chi connectivity index (χ4v) is 3.26.